The van der Waals surface area contributed by atoms with Gasteiger partial charge in [0.25, 0.3) is 0 Å². The summed E-state index contributed by atoms with van der Waals surface area (Å²) in [6, 6.07) is 41.2. The molecule has 0 spiro atoms. The molecule has 0 bridgehead atoms. The Hall–Kier alpha value is -3.97. The van der Waals surface area contributed by atoms with Crippen LogP contribution in [0.1, 0.15) is 19.4 Å². The van der Waals surface area contributed by atoms with E-state index in [0.717, 1.165) is 17.7 Å². The largest absolute Gasteiger partial charge is 0.256 e. The molecule has 0 fully saturated rings. The standard InChI is InChI=1S/C33H29N/c1-24(2)21-25-19-20-34-33(22-25)32-10-6-9-31(23-32)30-17-15-29(16-18-30)28-13-11-27(12-14-28)26-7-4-3-5-8-26/h3-20,22-24H,21H2,1-2H3. The first-order valence-electron chi connectivity index (χ1n) is 12.0. The summed E-state index contributed by atoms with van der Waals surface area (Å²) in [6.07, 6.45) is 3.00. The van der Waals surface area contributed by atoms with E-state index in [4.69, 9.17) is 0 Å². The van der Waals surface area contributed by atoms with Gasteiger partial charge in [-0.3, -0.25) is 4.98 Å². The third-order valence-corrected chi connectivity index (χ3v) is 6.17. The summed E-state index contributed by atoms with van der Waals surface area (Å²) >= 11 is 0. The Labute approximate surface area is 202 Å². The maximum absolute atomic E-state index is 4.63. The van der Waals surface area contributed by atoms with Crippen molar-refractivity contribution < 1.29 is 0 Å². The van der Waals surface area contributed by atoms with Crippen molar-refractivity contribution in [2.45, 2.75) is 20.3 Å². The van der Waals surface area contributed by atoms with Gasteiger partial charge in [0.15, 0.2) is 0 Å². The first kappa shape index (κ1) is 21.9. The number of aromatic nitrogens is 1. The fourth-order valence-electron chi connectivity index (χ4n) is 4.43. The monoisotopic (exact) mass is 439 g/mol. The molecule has 0 atom stereocenters. The summed E-state index contributed by atoms with van der Waals surface area (Å²) in [7, 11) is 0. The predicted molar refractivity (Wildman–Crippen MR) is 145 cm³/mol. The molecular formula is C33H29N. The van der Waals surface area contributed by atoms with Crippen molar-refractivity contribution in [1.82, 2.24) is 4.98 Å². The molecule has 0 saturated heterocycles. The quantitative estimate of drug-likeness (QED) is 0.257. The molecule has 0 unspecified atom stereocenters. The third kappa shape index (κ3) is 5.00. The smallest absolute Gasteiger partial charge is 0.0704 e. The zero-order valence-electron chi connectivity index (χ0n) is 19.8. The van der Waals surface area contributed by atoms with E-state index < -0.39 is 0 Å². The van der Waals surface area contributed by atoms with Gasteiger partial charge in [-0.25, -0.2) is 0 Å². The van der Waals surface area contributed by atoms with E-state index in [1.807, 2.05) is 6.20 Å². The Kier molecular flexibility index (Phi) is 6.35. The summed E-state index contributed by atoms with van der Waals surface area (Å²) in [4.78, 5) is 4.63. The number of benzene rings is 4. The van der Waals surface area contributed by atoms with Crippen molar-refractivity contribution in [2.75, 3.05) is 0 Å². The Morgan fingerprint density at radius 3 is 1.59 bits per heavy atom. The summed E-state index contributed by atoms with van der Waals surface area (Å²) < 4.78 is 0. The molecule has 1 heteroatoms. The van der Waals surface area contributed by atoms with Crippen molar-refractivity contribution in [1.29, 1.82) is 0 Å². The molecule has 4 aromatic carbocycles. The lowest BCUT2D eigenvalue weighted by atomic mass is 9.96. The van der Waals surface area contributed by atoms with Gasteiger partial charge in [0, 0.05) is 11.8 Å². The molecule has 1 nitrogen and oxygen atoms in total. The van der Waals surface area contributed by atoms with Crippen LogP contribution >= 0.6 is 0 Å². The minimum Gasteiger partial charge on any atom is -0.256 e. The molecular weight excluding hydrogens is 410 g/mol. The van der Waals surface area contributed by atoms with Crippen LogP contribution in [0.25, 0.3) is 44.6 Å². The Morgan fingerprint density at radius 1 is 0.500 bits per heavy atom. The average Bonchev–Trinajstić information content (AvgIpc) is 2.89. The zero-order chi connectivity index (χ0) is 23.3. The van der Waals surface area contributed by atoms with Crippen molar-refractivity contribution in [3.05, 3.63) is 127 Å². The van der Waals surface area contributed by atoms with Crippen LogP contribution < -0.4 is 0 Å². The SMILES string of the molecule is CC(C)Cc1ccnc(-c2cccc(-c3ccc(-c4ccc(-c5ccccc5)cc4)cc3)c2)c1. The Balaban J connectivity index is 1.37. The van der Waals surface area contributed by atoms with Crippen LogP contribution in [0, 0.1) is 5.92 Å². The van der Waals surface area contributed by atoms with Gasteiger partial charge in [0.05, 0.1) is 5.69 Å². The summed E-state index contributed by atoms with van der Waals surface area (Å²) in [5, 5.41) is 0. The summed E-state index contributed by atoms with van der Waals surface area (Å²) in [5.74, 6) is 0.634. The number of hydrogen-bond acceptors (Lipinski definition) is 1. The second-order valence-corrected chi connectivity index (χ2v) is 9.25. The third-order valence-electron chi connectivity index (χ3n) is 6.17. The molecule has 5 aromatic rings. The molecule has 0 saturated carbocycles. The molecule has 0 aliphatic carbocycles. The molecule has 0 N–H and O–H groups in total. The molecule has 0 radical (unpaired) electrons. The zero-order valence-corrected chi connectivity index (χ0v) is 19.8. The van der Waals surface area contributed by atoms with E-state index >= 15 is 0 Å². The number of rotatable bonds is 6. The Bertz CT molecular complexity index is 1360. The van der Waals surface area contributed by atoms with Crippen LogP contribution in [0.2, 0.25) is 0 Å². The first-order valence-corrected chi connectivity index (χ1v) is 12.0. The van der Waals surface area contributed by atoms with E-state index in [9.17, 15) is 0 Å². The molecule has 0 aliphatic rings. The summed E-state index contributed by atoms with van der Waals surface area (Å²) in [5.41, 5.74) is 10.9. The van der Waals surface area contributed by atoms with Gasteiger partial charge in [-0.2, -0.15) is 0 Å². The van der Waals surface area contributed by atoms with E-state index in [0.29, 0.717) is 5.92 Å². The molecule has 1 aromatic heterocycles. The van der Waals surface area contributed by atoms with E-state index in [-0.39, 0.29) is 0 Å². The van der Waals surface area contributed by atoms with Crippen LogP contribution in [0.3, 0.4) is 0 Å². The van der Waals surface area contributed by atoms with Gasteiger partial charge in [-0.05, 0) is 69.5 Å². The molecule has 5 rings (SSSR count). The fourth-order valence-corrected chi connectivity index (χ4v) is 4.43. The highest BCUT2D eigenvalue weighted by Gasteiger charge is 2.06. The van der Waals surface area contributed by atoms with E-state index in [1.54, 1.807) is 0 Å². The second-order valence-electron chi connectivity index (χ2n) is 9.25. The number of hydrogen-bond donors (Lipinski definition) is 0. The number of pyridine rings is 1. The molecule has 1 heterocycles. The first-order chi connectivity index (χ1) is 16.7. The minimum absolute atomic E-state index is 0.634. The van der Waals surface area contributed by atoms with Gasteiger partial charge < -0.3 is 0 Å². The van der Waals surface area contributed by atoms with Crippen LogP contribution in [0.5, 0.6) is 0 Å². The molecule has 34 heavy (non-hydrogen) atoms. The van der Waals surface area contributed by atoms with Crippen molar-refractivity contribution in [2.24, 2.45) is 5.92 Å². The minimum atomic E-state index is 0.634. The molecule has 0 amide bonds. The molecule has 166 valence electrons. The van der Waals surface area contributed by atoms with Crippen LogP contribution in [0.4, 0.5) is 0 Å². The lowest BCUT2D eigenvalue weighted by molar-refractivity contribution is 0.647. The lowest BCUT2D eigenvalue weighted by Gasteiger charge is -2.10. The van der Waals surface area contributed by atoms with Gasteiger partial charge in [-0.1, -0.05) is 111 Å². The number of nitrogens with zero attached hydrogens (tertiary/aromatic N) is 1. The molecule has 0 aliphatic heterocycles. The normalized spacial score (nSPS) is 11.0. The highest BCUT2D eigenvalue weighted by atomic mass is 14.7. The van der Waals surface area contributed by atoms with E-state index in [1.165, 1.54) is 38.9 Å². The highest BCUT2D eigenvalue weighted by Crippen LogP contribution is 2.29. The van der Waals surface area contributed by atoms with Crippen LogP contribution in [-0.2, 0) is 6.42 Å². The Morgan fingerprint density at radius 2 is 1.00 bits per heavy atom. The average molecular weight is 440 g/mol. The summed E-state index contributed by atoms with van der Waals surface area (Å²) in [6.45, 7) is 4.50. The highest BCUT2D eigenvalue weighted by molar-refractivity contribution is 5.75. The van der Waals surface area contributed by atoms with Crippen molar-refractivity contribution >= 4 is 0 Å². The maximum atomic E-state index is 4.63. The lowest BCUT2D eigenvalue weighted by Crippen LogP contribution is -1.95. The van der Waals surface area contributed by atoms with Gasteiger partial charge in [0.1, 0.15) is 0 Å². The van der Waals surface area contributed by atoms with Crippen LogP contribution in [-0.4, -0.2) is 4.98 Å². The van der Waals surface area contributed by atoms with E-state index in [2.05, 4.69) is 134 Å². The predicted octanol–water partition coefficient (Wildman–Crippen LogP) is 8.95. The van der Waals surface area contributed by atoms with Crippen molar-refractivity contribution in [3.8, 4) is 44.6 Å². The second kappa shape index (κ2) is 9.89. The fraction of sp³-hybridized carbons (Fsp3) is 0.121. The topological polar surface area (TPSA) is 12.9 Å². The van der Waals surface area contributed by atoms with Crippen LogP contribution in [0.15, 0.2) is 121 Å². The van der Waals surface area contributed by atoms with Crippen molar-refractivity contribution in [3.63, 3.8) is 0 Å². The van der Waals surface area contributed by atoms with Gasteiger partial charge in [-0.15, -0.1) is 0 Å². The van der Waals surface area contributed by atoms with Gasteiger partial charge >= 0.3 is 0 Å². The van der Waals surface area contributed by atoms with Gasteiger partial charge in [0.2, 0.25) is 0 Å². The maximum Gasteiger partial charge on any atom is 0.0704 e.